The van der Waals surface area contributed by atoms with Crippen LogP contribution in [0.1, 0.15) is 12.5 Å². The predicted octanol–water partition coefficient (Wildman–Crippen LogP) is 2.34. The fraction of sp³-hybridized carbons (Fsp3) is 0.562. The van der Waals surface area contributed by atoms with Crippen molar-refractivity contribution >= 4 is 17.6 Å². The first-order valence-corrected chi connectivity index (χ1v) is 8.00. The highest BCUT2D eigenvalue weighted by molar-refractivity contribution is 6.30. The van der Waals surface area contributed by atoms with Crippen molar-refractivity contribution in [2.45, 2.75) is 25.6 Å². The van der Waals surface area contributed by atoms with Gasteiger partial charge in [0, 0.05) is 26.7 Å². The number of carbonyl (C=O) groups is 1. The highest BCUT2D eigenvalue weighted by atomic mass is 35.5. The van der Waals surface area contributed by atoms with Crippen molar-refractivity contribution in [1.29, 1.82) is 0 Å². The molecule has 1 aliphatic heterocycles. The van der Waals surface area contributed by atoms with Gasteiger partial charge in [0.25, 0.3) is 0 Å². The van der Waals surface area contributed by atoms with Crippen LogP contribution >= 0.6 is 11.6 Å². The van der Waals surface area contributed by atoms with Crippen LogP contribution in [0.4, 0.5) is 9.18 Å². The molecule has 5 nitrogen and oxygen atoms in total. The number of benzene rings is 1. The van der Waals surface area contributed by atoms with Crippen molar-refractivity contribution in [1.82, 2.24) is 15.1 Å². The van der Waals surface area contributed by atoms with Gasteiger partial charge < -0.3 is 19.9 Å². The van der Waals surface area contributed by atoms with Crippen molar-refractivity contribution in [3.8, 4) is 0 Å². The Morgan fingerprint density at radius 1 is 1.61 bits per heavy atom. The third-order valence-electron chi connectivity index (χ3n) is 3.96. The summed E-state index contributed by atoms with van der Waals surface area (Å²) in [5, 5.41) is 3.01. The molecule has 0 spiro atoms. The fourth-order valence-corrected chi connectivity index (χ4v) is 2.61. The Hall–Kier alpha value is -1.37. The Morgan fingerprint density at radius 2 is 2.35 bits per heavy atom. The van der Waals surface area contributed by atoms with E-state index in [0.29, 0.717) is 18.7 Å². The summed E-state index contributed by atoms with van der Waals surface area (Å²) in [5.74, 6) is -0.481. The number of carbonyl (C=O) groups excluding carboxylic acids is 1. The summed E-state index contributed by atoms with van der Waals surface area (Å²) in [6.45, 7) is 4.59. The Morgan fingerprint density at radius 3 is 3.00 bits per heavy atom. The molecule has 2 rings (SSSR count). The minimum absolute atomic E-state index is 0.0286. The Bertz CT molecular complexity index is 558. The normalized spacial score (nSPS) is 20.1. The standard InChI is InChI=1S/C16H23ClFN3O2/c1-11(15-10-20(2)6-7-23-15)19-16(22)21(3)9-12-4-5-13(17)14(18)8-12/h4-5,8,11,15H,6-7,9-10H2,1-3H3,(H,19,22)/t11-,15+/m1/s1. The molecule has 23 heavy (non-hydrogen) atoms. The summed E-state index contributed by atoms with van der Waals surface area (Å²) >= 11 is 5.66. The number of halogens is 2. The molecule has 7 heteroatoms. The molecule has 0 aromatic heterocycles. The van der Waals surface area contributed by atoms with Crippen LogP contribution in [0, 0.1) is 5.82 Å². The molecule has 0 unspecified atom stereocenters. The van der Waals surface area contributed by atoms with Crippen molar-refractivity contribution < 1.29 is 13.9 Å². The molecule has 0 aliphatic carbocycles. The van der Waals surface area contributed by atoms with Crippen LogP contribution < -0.4 is 5.32 Å². The maximum absolute atomic E-state index is 13.4. The molecule has 1 aromatic carbocycles. The zero-order chi connectivity index (χ0) is 17.0. The minimum atomic E-state index is -0.481. The maximum Gasteiger partial charge on any atom is 0.317 e. The van der Waals surface area contributed by atoms with Crippen LogP contribution in [-0.4, -0.2) is 61.8 Å². The highest BCUT2D eigenvalue weighted by Gasteiger charge is 2.25. The number of nitrogens with zero attached hydrogens (tertiary/aromatic N) is 2. The number of hydrogen-bond donors (Lipinski definition) is 1. The van der Waals surface area contributed by atoms with Gasteiger partial charge in [0.15, 0.2) is 0 Å². The molecular formula is C16H23ClFN3O2. The van der Waals surface area contributed by atoms with Crippen LogP contribution in [0.25, 0.3) is 0 Å². The molecule has 128 valence electrons. The third-order valence-corrected chi connectivity index (χ3v) is 4.26. The van der Waals surface area contributed by atoms with E-state index in [1.165, 1.54) is 17.0 Å². The van der Waals surface area contributed by atoms with E-state index >= 15 is 0 Å². The number of morpholine rings is 1. The third kappa shape index (κ3) is 5.06. The van der Waals surface area contributed by atoms with Crippen molar-refractivity contribution in [3.63, 3.8) is 0 Å². The topological polar surface area (TPSA) is 44.8 Å². The SMILES string of the molecule is C[C@@H](NC(=O)N(C)Cc1ccc(Cl)c(F)c1)[C@@H]1CN(C)CCO1. The Balaban J connectivity index is 1.87. The molecule has 2 amide bonds. The summed E-state index contributed by atoms with van der Waals surface area (Å²) in [6, 6.07) is 4.22. The number of ether oxygens (including phenoxy) is 1. The number of nitrogens with one attached hydrogen (secondary N) is 1. The molecule has 2 atom stereocenters. The smallest absolute Gasteiger partial charge is 0.317 e. The van der Waals surface area contributed by atoms with Gasteiger partial charge >= 0.3 is 6.03 Å². The van der Waals surface area contributed by atoms with Gasteiger partial charge in [-0.15, -0.1) is 0 Å². The van der Waals surface area contributed by atoms with Gasteiger partial charge in [-0.1, -0.05) is 17.7 Å². The molecule has 1 N–H and O–H groups in total. The lowest BCUT2D eigenvalue weighted by atomic mass is 10.1. The average Bonchev–Trinajstić information content (AvgIpc) is 2.50. The Labute approximate surface area is 141 Å². The molecule has 1 saturated heterocycles. The first kappa shape index (κ1) is 18.0. The molecule has 1 fully saturated rings. The van der Waals surface area contributed by atoms with E-state index in [0.717, 1.165) is 13.1 Å². The van der Waals surface area contributed by atoms with Crippen LogP contribution in [0.3, 0.4) is 0 Å². The minimum Gasteiger partial charge on any atom is -0.373 e. The fourth-order valence-electron chi connectivity index (χ4n) is 2.50. The van der Waals surface area contributed by atoms with Crippen LogP contribution in [-0.2, 0) is 11.3 Å². The van der Waals surface area contributed by atoms with Gasteiger partial charge in [0.2, 0.25) is 0 Å². The van der Waals surface area contributed by atoms with Crippen molar-refractivity contribution in [3.05, 3.63) is 34.6 Å². The highest BCUT2D eigenvalue weighted by Crippen LogP contribution is 2.16. The van der Waals surface area contributed by atoms with Gasteiger partial charge in [-0.2, -0.15) is 0 Å². The quantitative estimate of drug-likeness (QED) is 0.912. The molecular weight excluding hydrogens is 321 g/mol. The van der Waals surface area contributed by atoms with E-state index in [1.807, 2.05) is 14.0 Å². The van der Waals surface area contributed by atoms with Gasteiger partial charge in [-0.25, -0.2) is 9.18 Å². The van der Waals surface area contributed by atoms with Crippen molar-refractivity contribution in [2.24, 2.45) is 0 Å². The molecule has 0 bridgehead atoms. The Kier molecular flexibility index (Phi) is 6.21. The van der Waals surface area contributed by atoms with Crippen LogP contribution in [0.2, 0.25) is 5.02 Å². The van der Waals surface area contributed by atoms with Crippen LogP contribution in [0.15, 0.2) is 18.2 Å². The zero-order valence-corrected chi connectivity index (χ0v) is 14.4. The van der Waals surface area contributed by atoms with Crippen molar-refractivity contribution in [2.75, 3.05) is 33.8 Å². The largest absolute Gasteiger partial charge is 0.373 e. The van der Waals surface area contributed by atoms with Gasteiger partial charge in [-0.05, 0) is 31.7 Å². The molecule has 0 saturated carbocycles. The monoisotopic (exact) mass is 343 g/mol. The number of rotatable bonds is 4. The molecule has 1 heterocycles. The summed E-state index contributed by atoms with van der Waals surface area (Å²) in [4.78, 5) is 15.9. The molecule has 1 aromatic rings. The average molecular weight is 344 g/mol. The van der Waals surface area contributed by atoms with E-state index < -0.39 is 5.82 Å². The second-order valence-corrected chi connectivity index (χ2v) is 6.42. The van der Waals surface area contributed by atoms with Gasteiger partial charge in [0.05, 0.1) is 23.8 Å². The summed E-state index contributed by atoms with van der Waals surface area (Å²) in [5.41, 5.74) is 0.686. The summed E-state index contributed by atoms with van der Waals surface area (Å²) in [6.07, 6.45) is -0.0286. The van der Waals surface area contributed by atoms with E-state index in [-0.39, 0.29) is 23.2 Å². The number of urea groups is 1. The lowest BCUT2D eigenvalue weighted by Crippen LogP contribution is -2.53. The number of likely N-dealkylation sites (N-methyl/N-ethyl adjacent to an activating group) is 1. The summed E-state index contributed by atoms with van der Waals surface area (Å²) in [7, 11) is 3.70. The zero-order valence-electron chi connectivity index (χ0n) is 13.7. The number of amides is 2. The van der Waals surface area contributed by atoms with E-state index in [1.54, 1.807) is 13.1 Å². The number of hydrogen-bond acceptors (Lipinski definition) is 3. The molecule has 0 radical (unpaired) electrons. The first-order chi connectivity index (χ1) is 10.9. The lowest BCUT2D eigenvalue weighted by Gasteiger charge is -2.34. The van der Waals surface area contributed by atoms with E-state index in [2.05, 4.69) is 10.2 Å². The molecule has 1 aliphatic rings. The van der Waals surface area contributed by atoms with E-state index in [4.69, 9.17) is 16.3 Å². The maximum atomic E-state index is 13.4. The van der Waals surface area contributed by atoms with Gasteiger partial charge in [-0.3, -0.25) is 0 Å². The van der Waals surface area contributed by atoms with Gasteiger partial charge in [0.1, 0.15) is 5.82 Å². The van der Waals surface area contributed by atoms with E-state index in [9.17, 15) is 9.18 Å². The predicted molar refractivity (Wildman–Crippen MR) is 88.1 cm³/mol. The second kappa shape index (κ2) is 7.95. The lowest BCUT2D eigenvalue weighted by molar-refractivity contribution is -0.0339. The first-order valence-electron chi connectivity index (χ1n) is 7.62. The van der Waals surface area contributed by atoms with Crippen LogP contribution in [0.5, 0.6) is 0 Å². The summed E-state index contributed by atoms with van der Waals surface area (Å²) < 4.78 is 19.1. The second-order valence-electron chi connectivity index (χ2n) is 6.01.